The zero-order valence-corrected chi connectivity index (χ0v) is 44.3. The standard InChI is InChI=1S/C76H56N2/c1-75(2)70-25-15-13-22-63(70)65-43-38-58(47-72(65)75)77(54-32-27-51(28-33-54)49-17-7-5-8-18-49)56-36-41-60-53(45-56)31-40-68-62-42-37-57(46-69(62)61-21-11-12-24-67(61)74(60)68)78(55-34-29-52(30-35-55)50-19-9-6-10-20-50)59-39-44-66-64-23-14-16-26-71(64)76(3,4)73(66)48-59/h5-48H,1-4H3. The summed E-state index contributed by atoms with van der Waals surface area (Å²) in [5.74, 6) is 0. The van der Waals surface area contributed by atoms with Gasteiger partial charge in [0.25, 0.3) is 0 Å². The van der Waals surface area contributed by atoms with Crippen LogP contribution >= 0.6 is 0 Å². The van der Waals surface area contributed by atoms with E-state index in [4.69, 9.17) is 0 Å². The van der Waals surface area contributed by atoms with Crippen LogP contribution in [0.1, 0.15) is 49.9 Å². The summed E-state index contributed by atoms with van der Waals surface area (Å²) in [5.41, 5.74) is 22.1. The lowest BCUT2D eigenvalue weighted by Crippen LogP contribution is -2.16. The summed E-state index contributed by atoms with van der Waals surface area (Å²) >= 11 is 0. The fraction of sp³-hybridized carbons (Fsp3) is 0.0789. The van der Waals surface area contributed by atoms with E-state index in [1.165, 1.54) is 110 Å². The SMILES string of the molecule is CC1(C)c2ccccc2-c2ccc(N(c3ccc(-c4ccccc4)cc3)c3ccc4c(ccc5c6ccc(N(c7ccc(-c8ccccc8)cc7)c7ccc8c(c7)C(C)(C)c7ccccc7-8)cc6c6ccccc6c45)c3)cc21. The highest BCUT2D eigenvalue weighted by molar-refractivity contribution is 6.32. The molecule has 0 radical (unpaired) electrons. The van der Waals surface area contributed by atoms with Gasteiger partial charge in [0.2, 0.25) is 0 Å². The molecule has 0 unspecified atom stereocenters. The van der Waals surface area contributed by atoms with Gasteiger partial charge in [0, 0.05) is 45.0 Å². The summed E-state index contributed by atoms with van der Waals surface area (Å²) in [5, 5.41) is 9.94. The Labute approximate surface area is 456 Å². The molecule has 2 aliphatic rings. The Morgan fingerprint density at radius 2 is 0.590 bits per heavy atom. The normalized spacial score (nSPS) is 13.6. The minimum atomic E-state index is -0.134. The van der Waals surface area contributed by atoms with E-state index in [0.717, 1.165) is 34.1 Å². The Morgan fingerprint density at radius 1 is 0.231 bits per heavy atom. The van der Waals surface area contributed by atoms with E-state index < -0.39 is 0 Å². The molecule has 13 aromatic rings. The maximum absolute atomic E-state index is 2.45. The Bertz CT molecular complexity index is 4500. The van der Waals surface area contributed by atoms with Gasteiger partial charge in [0.05, 0.1) is 0 Å². The molecule has 0 fully saturated rings. The van der Waals surface area contributed by atoms with Crippen molar-refractivity contribution in [1.82, 2.24) is 0 Å². The van der Waals surface area contributed by atoms with Gasteiger partial charge in [-0.1, -0.05) is 222 Å². The first kappa shape index (κ1) is 45.9. The number of rotatable bonds is 8. The van der Waals surface area contributed by atoms with Crippen LogP contribution in [0.15, 0.2) is 267 Å². The van der Waals surface area contributed by atoms with E-state index in [-0.39, 0.29) is 10.8 Å². The van der Waals surface area contributed by atoms with E-state index in [2.05, 4.69) is 304 Å². The number of hydrogen-bond donors (Lipinski definition) is 0. The van der Waals surface area contributed by atoms with E-state index in [1.54, 1.807) is 0 Å². The highest BCUT2D eigenvalue weighted by Gasteiger charge is 2.37. The van der Waals surface area contributed by atoms with Gasteiger partial charge >= 0.3 is 0 Å². The second-order valence-electron chi connectivity index (χ2n) is 22.5. The average Bonchev–Trinajstić information content (AvgIpc) is 3.92. The van der Waals surface area contributed by atoms with Crippen molar-refractivity contribution in [2.45, 2.75) is 38.5 Å². The van der Waals surface area contributed by atoms with Crippen LogP contribution in [0.25, 0.3) is 87.6 Å². The summed E-state index contributed by atoms with van der Waals surface area (Å²) < 4.78 is 0. The molecule has 0 heterocycles. The molecule has 0 spiro atoms. The minimum Gasteiger partial charge on any atom is -0.310 e. The van der Waals surface area contributed by atoms with Crippen molar-refractivity contribution in [2.75, 3.05) is 9.80 Å². The van der Waals surface area contributed by atoms with Crippen LogP contribution in [-0.4, -0.2) is 0 Å². The molecular formula is C76H56N2. The van der Waals surface area contributed by atoms with Crippen LogP contribution in [0.5, 0.6) is 0 Å². The number of hydrogen-bond acceptors (Lipinski definition) is 2. The summed E-state index contributed by atoms with van der Waals surface area (Å²) in [6, 6.07) is 99.5. The van der Waals surface area contributed by atoms with Gasteiger partial charge in [-0.2, -0.15) is 0 Å². The molecule has 0 N–H and O–H groups in total. The molecule has 0 aliphatic heterocycles. The van der Waals surface area contributed by atoms with Gasteiger partial charge in [-0.3, -0.25) is 0 Å². The van der Waals surface area contributed by atoms with Crippen molar-refractivity contribution in [1.29, 1.82) is 0 Å². The molecule has 370 valence electrons. The van der Waals surface area contributed by atoms with Crippen LogP contribution in [0, 0.1) is 0 Å². The predicted octanol–water partition coefficient (Wildman–Crippen LogP) is 21.2. The quantitative estimate of drug-likeness (QED) is 0.140. The fourth-order valence-corrected chi connectivity index (χ4v) is 13.5. The summed E-state index contributed by atoms with van der Waals surface area (Å²) in [7, 11) is 0. The van der Waals surface area contributed by atoms with E-state index >= 15 is 0 Å². The molecule has 2 heteroatoms. The molecule has 0 saturated carbocycles. The van der Waals surface area contributed by atoms with Crippen molar-refractivity contribution >= 4 is 77.2 Å². The topological polar surface area (TPSA) is 6.48 Å². The average molecular weight is 997 g/mol. The molecule has 0 amide bonds. The van der Waals surface area contributed by atoms with Crippen molar-refractivity contribution in [3.63, 3.8) is 0 Å². The second-order valence-corrected chi connectivity index (χ2v) is 22.5. The lowest BCUT2D eigenvalue weighted by molar-refractivity contribution is 0.660. The predicted molar refractivity (Wildman–Crippen MR) is 332 cm³/mol. The van der Waals surface area contributed by atoms with Crippen molar-refractivity contribution < 1.29 is 0 Å². The molecule has 0 saturated heterocycles. The third kappa shape index (κ3) is 7.10. The van der Waals surface area contributed by atoms with Crippen molar-refractivity contribution in [2.24, 2.45) is 0 Å². The first-order valence-corrected chi connectivity index (χ1v) is 27.4. The molecule has 13 aromatic carbocycles. The molecule has 0 atom stereocenters. The van der Waals surface area contributed by atoms with Crippen molar-refractivity contribution in [3.8, 4) is 44.5 Å². The highest BCUT2D eigenvalue weighted by atomic mass is 15.1. The Hall–Kier alpha value is -9.50. The third-order valence-corrected chi connectivity index (χ3v) is 17.4. The summed E-state index contributed by atoms with van der Waals surface area (Å²) in [4.78, 5) is 4.90. The van der Waals surface area contributed by atoms with E-state index in [0.29, 0.717) is 0 Å². The maximum atomic E-state index is 2.45. The number of benzene rings is 13. The van der Waals surface area contributed by atoms with Crippen LogP contribution in [0.3, 0.4) is 0 Å². The van der Waals surface area contributed by atoms with Crippen LogP contribution in [0.4, 0.5) is 34.1 Å². The molecule has 0 aromatic heterocycles. The van der Waals surface area contributed by atoms with Gasteiger partial charge in [0.1, 0.15) is 0 Å². The Morgan fingerprint density at radius 3 is 1.13 bits per heavy atom. The molecule has 78 heavy (non-hydrogen) atoms. The van der Waals surface area contributed by atoms with Crippen LogP contribution in [-0.2, 0) is 10.8 Å². The van der Waals surface area contributed by atoms with E-state index in [9.17, 15) is 0 Å². The zero-order chi connectivity index (χ0) is 52.3. The molecular weight excluding hydrogens is 941 g/mol. The molecule has 15 rings (SSSR count). The van der Waals surface area contributed by atoms with Gasteiger partial charge in [0.15, 0.2) is 0 Å². The first-order chi connectivity index (χ1) is 38.2. The molecule has 2 aliphatic carbocycles. The largest absolute Gasteiger partial charge is 0.310 e. The molecule has 2 nitrogen and oxygen atoms in total. The summed E-state index contributed by atoms with van der Waals surface area (Å²) in [6.45, 7) is 9.47. The van der Waals surface area contributed by atoms with Gasteiger partial charge in [-0.15, -0.1) is 0 Å². The fourth-order valence-electron chi connectivity index (χ4n) is 13.5. The van der Waals surface area contributed by atoms with E-state index in [1.807, 2.05) is 0 Å². The lowest BCUT2D eigenvalue weighted by atomic mass is 9.82. The summed E-state index contributed by atoms with van der Waals surface area (Å²) in [6.07, 6.45) is 0. The smallest absolute Gasteiger partial charge is 0.0468 e. The monoisotopic (exact) mass is 996 g/mol. The number of fused-ring (bicyclic) bond motifs is 14. The number of nitrogens with zero attached hydrogens (tertiary/aromatic N) is 2. The number of anilines is 6. The van der Waals surface area contributed by atoms with Crippen molar-refractivity contribution in [3.05, 3.63) is 289 Å². The molecule has 0 bridgehead atoms. The van der Waals surface area contributed by atoms with Gasteiger partial charge in [-0.25, -0.2) is 0 Å². The maximum Gasteiger partial charge on any atom is 0.0468 e. The first-order valence-electron chi connectivity index (χ1n) is 27.4. The zero-order valence-electron chi connectivity index (χ0n) is 44.3. The highest BCUT2D eigenvalue weighted by Crippen LogP contribution is 2.53. The van der Waals surface area contributed by atoms with Crippen LogP contribution < -0.4 is 9.80 Å². The van der Waals surface area contributed by atoms with Gasteiger partial charge in [-0.05, 0) is 183 Å². The minimum absolute atomic E-state index is 0.129. The Balaban J connectivity index is 0.877. The second kappa shape index (κ2) is 17.5. The van der Waals surface area contributed by atoms with Crippen LogP contribution in [0.2, 0.25) is 0 Å². The Kier molecular flexibility index (Phi) is 10.3. The lowest BCUT2D eigenvalue weighted by Gasteiger charge is -2.29. The third-order valence-electron chi connectivity index (χ3n) is 17.4. The van der Waals surface area contributed by atoms with Gasteiger partial charge < -0.3 is 9.80 Å².